The van der Waals surface area contributed by atoms with E-state index in [9.17, 15) is 36.3 Å². The fraction of sp³-hybridized carbons (Fsp3) is 0.440. The number of anilines is 2. The Balaban J connectivity index is 1.89. The summed E-state index contributed by atoms with van der Waals surface area (Å²) < 4.78 is 71.0. The van der Waals surface area contributed by atoms with E-state index < -0.39 is 45.8 Å². The van der Waals surface area contributed by atoms with Crippen LogP contribution >= 0.6 is 0 Å². The number of carbonyl (C=O) groups is 2. The van der Waals surface area contributed by atoms with Crippen molar-refractivity contribution in [3.8, 4) is 5.75 Å². The molecule has 39 heavy (non-hydrogen) atoms. The summed E-state index contributed by atoms with van der Waals surface area (Å²) in [6.45, 7) is 3.30. The second kappa shape index (κ2) is 11.7. The van der Waals surface area contributed by atoms with E-state index in [0.29, 0.717) is 0 Å². The highest BCUT2D eigenvalue weighted by Gasteiger charge is 2.35. The molecule has 0 fully saturated rings. The molecule has 2 aromatic rings. The fourth-order valence-electron chi connectivity index (χ4n) is 4.06. The number of ether oxygens (including phenoxy) is 1. The number of carbonyl (C=O) groups excluding carboxylic acids is 2. The second-order valence-corrected chi connectivity index (χ2v) is 11.3. The molecule has 0 spiro atoms. The van der Waals surface area contributed by atoms with Crippen LogP contribution in [0.15, 0.2) is 42.5 Å². The lowest BCUT2D eigenvalue weighted by Crippen LogP contribution is -2.50. The van der Waals surface area contributed by atoms with Crippen LogP contribution in [0.5, 0.6) is 5.75 Å². The number of amides is 3. The maximum absolute atomic E-state index is 13.4. The third-order valence-corrected chi connectivity index (χ3v) is 6.84. The fourth-order valence-corrected chi connectivity index (χ4v) is 4.62. The van der Waals surface area contributed by atoms with Crippen molar-refractivity contribution < 1.29 is 41.0 Å². The van der Waals surface area contributed by atoms with Crippen LogP contribution in [0.3, 0.4) is 0 Å². The Morgan fingerprint density at radius 1 is 1.23 bits per heavy atom. The number of hydrogen-bond acceptors (Lipinski definition) is 6. The highest BCUT2D eigenvalue weighted by atomic mass is 32.2. The van der Waals surface area contributed by atoms with Gasteiger partial charge in [0.15, 0.2) is 5.75 Å². The van der Waals surface area contributed by atoms with Crippen LogP contribution in [0.25, 0.3) is 0 Å². The lowest BCUT2D eigenvalue weighted by atomic mass is 9.99. The average Bonchev–Trinajstić information content (AvgIpc) is 2.84. The van der Waals surface area contributed by atoms with Crippen molar-refractivity contribution >= 4 is 33.3 Å². The zero-order valence-electron chi connectivity index (χ0n) is 21.8. The Labute approximate surface area is 224 Å². The van der Waals surface area contributed by atoms with E-state index in [2.05, 4.69) is 10.0 Å². The van der Waals surface area contributed by atoms with Gasteiger partial charge < -0.3 is 25.0 Å². The van der Waals surface area contributed by atoms with Gasteiger partial charge in [-0.3, -0.25) is 9.52 Å². The molecule has 0 bridgehead atoms. The van der Waals surface area contributed by atoms with Gasteiger partial charge in [0.2, 0.25) is 10.0 Å². The number of alkyl halides is 3. The summed E-state index contributed by atoms with van der Waals surface area (Å²) in [7, 11) is -2.27. The van der Waals surface area contributed by atoms with Crippen LogP contribution < -0.4 is 14.8 Å². The first kappa shape index (κ1) is 30.0. The van der Waals surface area contributed by atoms with Gasteiger partial charge >= 0.3 is 12.2 Å². The van der Waals surface area contributed by atoms with Gasteiger partial charge in [0, 0.05) is 25.2 Å². The maximum Gasteiger partial charge on any atom is 0.416 e. The Morgan fingerprint density at radius 2 is 1.87 bits per heavy atom. The Kier molecular flexibility index (Phi) is 9.01. The number of para-hydroxylation sites is 1. The number of fused-ring (bicyclic) bond motifs is 1. The first-order chi connectivity index (χ1) is 18.1. The number of likely N-dealkylation sites (N-methyl/N-ethyl adjacent to an activating group) is 1. The van der Waals surface area contributed by atoms with E-state index in [1.807, 2.05) is 0 Å². The summed E-state index contributed by atoms with van der Waals surface area (Å²) in [5.74, 6) is -0.859. The molecule has 3 N–H and O–H groups in total. The van der Waals surface area contributed by atoms with Crippen LogP contribution in [-0.4, -0.2) is 80.4 Å². The maximum atomic E-state index is 13.4. The number of aliphatic hydroxyl groups is 1. The summed E-state index contributed by atoms with van der Waals surface area (Å²) >= 11 is 0. The summed E-state index contributed by atoms with van der Waals surface area (Å²) in [6.07, 6.45) is -4.29. The van der Waals surface area contributed by atoms with Crippen molar-refractivity contribution in [2.45, 2.75) is 32.2 Å². The van der Waals surface area contributed by atoms with Crippen LogP contribution in [0.4, 0.5) is 29.3 Å². The Bertz CT molecular complexity index is 1300. The molecule has 1 heterocycles. The summed E-state index contributed by atoms with van der Waals surface area (Å²) in [5.41, 5.74) is -0.572. The number of benzene rings is 2. The quantitative estimate of drug-likeness (QED) is 0.466. The van der Waals surface area contributed by atoms with Crippen LogP contribution in [-0.2, 0) is 16.2 Å². The summed E-state index contributed by atoms with van der Waals surface area (Å²) in [6, 6.07) is 7.25. The number of urea groups is 1. The summed E-state index contributed by atoms with van der Waals surface area (Å²) in [5, 5.41) is 12.3. The van der Waals surface area contributed by atoms with Crippen molar-refractivity contribution in [3.63, 3.8) is 0 Å². The minimum Gasteiger partial charge on any atom is -0.485 e. The molecule has 10 nitrogen and oxygen atoms in total. The topological polar surface area (TPSA) is 128 Å². The Morgan fingerprint density at radius 3 is 2.44 bits per heavy atom. The van der Waals surface area contributed by atoms with Gasteiger partial charge in [-0.1, -0.05) is 13.0 Å². The molecule has 0 unspecified atom stereocenters. The lowest BCUT2D eigenvalue weighted by Gasteiger charge is -2.38. The van der Waals surface area contributed by atoms with E-state index in [4.69, 9.17) is 4.74 Å². The molecule has 0 aromatic heterocycles. The average molecular weight is 573 g/mol. The second-order valence-electron chi connectivity index (χ2n) is 9.56. The molecule has 14 heteroatoms. The van der Waals surface area contributed by atoms with Crippen LogP contribution in [0, 0.1) is 5.92 Å². The molecule has 1 aliphatic rings. The first-order valence-corrected chi connectivity index (χ1v) is 13.9. The molecule has 0 saturated carbocycles. The van der Waals surface area contributed by atoms with Gasteiger partial charge in [-0.05, 0) is 43.3 Å². The van der Waals surface area contributed by atoms with Crippen molar-refractivity contribution in [2.24, 2.45) is 5.92 Å². The van der Waals surface area contributed by atoms with Gasteiger partial charge in [0.1, 0.15) is 6.10 Å². The smallest absolute Gasteiger partial charge is 0.416 e. The number of halogens is 3. The number of aliphatic hydroxyl groups excluding tert-OH is 1. The predicted octanol–water partition coefficient (Wildman–Crippen LogP) is 3.46. The zero-order valence-corrected chi connectivity index (χ0v) is 22.6. The van der Waals surface area contributed by atoms with Gasteiger partial charge in [-0.25, -0.2) is 13.2 Å². The molecular weight excluding hydrogens is 541 g/mol. The molecule has 0 saturated heterocycles. The van der Waals surface area contributed by atoms with Crippen molar-refractivity contribution in [3.05, 3.63) is 53.6 Å². The number of sulfonamides is 1. The van der Waals surface area contributed by atoms with Gasteiger partial charge in [0.05, 0.1) is 42.3 Å². The number of nitrogens with zero attached hydrogens (tertiary/aromatic N) is 2. The van der Waals surface area contributed by atoms with E-state index >= 15 is 0 Å². The summed E-state index contributed by atoms with van der Waals surface area (Å²) in [4.78, 5) is 29.0. The minimum atomic E-state index is -4.51. The van der Waals surface area contributed by atoms with Crippen molar-refractivity contribution in [2.75, 3.05) is 43.0 Å². The molecule has 0 radical (unpaired) electrons. The molecule has 214 valence electrons. The van der Waals surface area contributed by atoms with Gasteiger partial charge in [0.25, 0.3) is 5.91 Å². The molecule has 1 aliphatic heterocycles. The van der Waals surface area contributed by atoms with E-state index in [0.717, 1.165) is 30.5 Å². The zero-order chi connectivity index (χ0) is 29.1. The lowest BCUT2D eigenvalue weighted by molar-refractivity contribution is -0.137. The van der Waals surface area contributed by atoms with Gasteiger partial charge in [-0.15, -0.1) is 0 Å². The molecule has 2 aromatic carbocycles. The largest absolute Gasteiger partial charge is 0.485 e. The number of hydrogen-bond donors (Lipinski definition) is 3. The van der Waals surface area contributed by atoms with Crippen LogP contribution in [0.2, 0.25) is 0 Å². The van der Waals surface area contributed by atoms with E-state index in [-0.39, 0.29) is 48.3 Å². The number of nitrogens with one attached hydrogen (secondary N) is 2. The van der Waals surface area contributed by atoms with Crippen LogP contribution in [0.1, 0.15) is 29.8 Å². The molecular formula is C25H31F3N4O6S. The third kappa shape index (κ3) is 7.53. The van der Waals surface area contributed by atoms with Gasteiger partial charge in [-0.2, -0.15) is 13.2 Å². The van der Waals surface area contributed by atoms with Crippen molar-refractivity contribution in [1.29, 1.82) is 0 Å². The third-order valence-electron chi connectivity index (χ3n) is 6.25. The highest BCUT2D eigenvalue weighted by Crippen LogP contribution is 2.35. The minimum absolute atomic E-state index is 0.0174. The molecule has 3 atom stereocenters. The van der Waals surface area contributed by atoms with E-state index in [1.165, 1.54) is 35.0 Å². The number of rotatable bonds is 7. The molecule has 3 rings (SSSR count). The molecule has 3 amide bonds. The SMILES string of the molecule is C[C@H](CO)N1C[C@H](C)[C@@H](CN(C)C(=O)Nc2ccc(C(F)(F)F)cc2)Oc2c(NS(C)(=O)=O)cccc2C1=O. The van der Waals surface area contributed by atoms with Crippen molar-refractivity contribution in [1.82, 2.24) is 9.80 Å². The molecule has 0 aliphatic carbocycles. The predicted molar refractivity (Wildman–Crippen MR) is 139 cm³/mol. The monoisotopic (exact) mass is 572 g/mol. The first-order valence-electron chi connectivity index (χ1n) is 12.0. The van der Waals surface area contributed by atoms with E-state index in [1.54, 1.807) is 13.8 Å². The standard InChI is InChI=1S/C25H31F3N4O6S/c1-15-12-32(16(2)14-33)23(34)19-6-5-7-20(30-39(4,36)37)22(19)38-21(15)13-31(3)24(35)29-18-10-8-17(9-11-18)25(26,27)28/h5-11,15-16,21,30,33H,12-14H2,1-4H3,(H,29,35)/t15-,16+,21+/m0/s1. The Hall–Kier alpha value is -3.52. The normalized spacial score (nSPS) is 18.8. The highest BCUT2D eigenvalue weighted by molar-refractivity contribution is 7.92.